The van der Waals surface area contributed by atoms with Crippen molar-refractivity contribution in [3.05, 3.63) is 29.6 Å². The third-order valence-corrected chi connectivity index (χ3v) is 2.69. The van der Waals surface area contributed by atoms with Crippen LogP contribution in [-0.4, -0.2) is 12.6 Å². The van der Waals surface area contributed by atoms with Crippen molar-refractivity contribution in [2.75, 3.05) is 7.11 Å². The minimum Gasteiger partial charge on any atom is -0.497 e. The third-order valence-electron chi connectivity index (χ3n) is 2.69. The van der Waals surface area contributed by atoms with Crippen LogP contribution in [0.15, 0.2) is 18.2 Å². The Labute approximate surface area is 82.9 Å². The zero-order chi connectivity index (χ0) is 10.2. The van der Waals surface area contributed by atoms with Crippen molar-refractivity contribution in [3.63, 3.8) is 0 Å². The summed E-state index contributed by atoms with van der Waals surface area (Å²) in [5.74, 6) is 0.328. The molecule has 0 saturated heterocycles. The van der Waals surface area contributed by atoms with Crippen LogP contribution in [0, 0.1) is 5.82 Å². The molecule has 0 radical (unpaired) electrons. The molecule has 0 aliphatic heterocycles. The Hall–Kier alpha value is -1.09. The monoisotopic (exact) mass is 195 g/mol. The molecule has 1 aromatic carbocycles. The number of halogens is 1. The van der Waals surface area contributed by atoms with Gasteiger partial charge in [0.2, 0.25) is 0 Å². The lowest BCUT2D eigenvalue weighted by Gasteiger charge is -2.10. The van der Waals surface area contributed by atoms with E-state index < -0.39 is 0 Å². The molecule has 0 heterocycles. The molecule has 14 heavy (non-hydrogen) atoms. The highest BCUT2D eigenvalue weighted by Gasteiger charge is 2.38. The molecule has 2 nitrogen and oxygen atoms in total. The van der Waals surface area contributed by atoms with Crippen LogP contribution >= 0.6 is 0 Å². The van der Waals surface area contributed by atoms with Crippen molar-refractivity contribution in [1.29, 1.82) is 0 Å². The van der Waals surface area contributed by atoms with E-state index in [1.807, 2.05) is 0 Å². The normalized spacial score (nSPS) is 17.9. The SMILES string of the molecule is COc1ccc(CC2(N)CC2)c(F)c1. The predicted molar refractivity (Wildman–Crippen MR) is 52.8 cm³/mol. The van der Waals surface area contributed by atoms with Gasteiger partial charge in [-0.25, -0.2) is 4.39 Å². The molecule has 3 heteroatoms. The number of ether oxygens (including phenoxy) is 1. The molecule has 1 fully saturated rings. The Kier molecular flexibility index (Phi) is 2.19. The van der Waals surface area contributed by atoms with Gasteiger partial charge in [0, 0.05) is 11.6 Å². The van der Waals surface area contributed by atoms with E-state index >= 15 is 0 Å². The van der Waals surface area contributed by atoms with Gasteiger partial charge in [-0.1, -0.05) is 6.07 Å². The van der Waals surface area contributed by atoms with Gasteiger partial charge in [0.25, 0.3) is 0 Å². The van der Waals surface area contributed by atoms with Crippen molar-refractivity contribution in [2.45, 2.75) is 24.8 Å². The number of nitrogens with two attached hydrogens (primary N) is 1. The van der Waals surface area contributed by atoms with E-state index in [1.165, 1.54) is 13.2 Å². The van der Waals surface area contributed by atoms with E-state index in [2.05, 4.69) is 0 Å². The first-order chi connectivity index (χ1) is 6.63. The molecule has 2 rings (SSSR count). The molecular weight excluding hydrogens is 181 g/mol. The fourth-order valence-electron chi connectivity index (χ4n) is 1.52. The summed E-state index contributed by atoms with van der Waals surface area (Å²) >= 11 is 0. The molecule has 76 valence electrons. The summed E-state index contributed by atoms with van der Waals surface area (Å²) in [6.45, 7) is 0. The second-order valence-electron chi connectivity index (χ2n) is 4.00. The van der Waals surface area contributed by atoms with E-state index in [4.69, 9.17) is 10.5 Å². The second-order valence-corrected chi connectivity index (χ2v) is 4.00. The van der Waals surface area contributed by atoms with Crippen LogP contribution in [0.5, 0.6) is 5.75 Å². The minimum absolute atomic E-state index is 0.143. The predicted octanol–water partition coefficient (Wildman–Crippen LogP) is 1.87. The highest BCUT2D eigenvalue weighted by atomic mass is 19.1. The molecular formula is C11H14FNO. The highest BCUT2D eigenvalue weighted by Crippen LogP contribution is 2.36. The zero-order valence-corrected chi connectivity index (χ0v) is 8.22. The summed E-state index contributed by atoms with van der Waals surface area (Å²) in [4.78, 5) is 0. The van der Waals surface area contributed by atoms with E-state index in [-0.39, 0.29) is 11.4 Å². The van der Waals surface area contributed by atoms with Crippen LogP contribution in [0.2, 0.25) is 0 Å². The van der Waals surface area contributed by atoms with Crippen LogP contribution < -0.4 is 10.5 Å². The number of hydrogen-bond acceptors (Lipinski definition) is 2. The fourth-order valence-corrected chi connectivity index (χ4v) is 1.52. The minimum atomic E-state index is -0.221. The summed E-state index contributed by atoms with van der Waals surface area (Å²) in [6.07, 6.45) is 2.62. The second kappa shape index (κ2) is 3.24. The molecule has 1 saturated carbocycles. The average Bonchev–Trinajstić information content (AvgIpc) is 2.88. The first kappa shape index (κ1) is 9.46. The Morgan fingerprint density at radius 1 is 1.50 bits per heavy atom. The Morgan fingerprint density at radius 2 is 2.21 bits per heavy atom. The van der Waals surface area contributed by atoms with E-state index in [1.54, 1.807) is 12.1 Å². The number of methoxy groups -OCH3 is 1. The number of rotatable bonds is 3. The molecule has 1 aromatic rings. The van der Waals surface area contributed by atoms with Crippen LogP contribution in [0.4, 0.5) is 4.39 Å². The molecule has 0 amide bonds. The molecule has 1 aliphatic rings. The maximum absolute atomic E-state index is 13.5. The first-order valence-corrected chi connectivity index (χ1v) is 4.74. The Morgan fingerprint density at radius 3 is 2.71 bits per heavy atom. The van der Waals surface area contributed by atoms with Crippen LogP contribution in [0.1, 0.15) is 18.4 Å². The first-order valence-electron chi connectivity index (χ1n) is 4.74. The number of hydrogen-bond donors (Lipinski definition) is 1. The van der Waals surface area contributed by atoms with Crippen molar-refractivity contribution in [1.82, 2.24) is 0 Å². The van der Waals surface area contributed by atoms with Crippen LogP contribution in [-0.2, 0) is 6.42 Å². The zero-order valence-electron chi connectivity index (χ0n) is 8.22. The molecule has 0 unspecified atom stereocenters. The van der Waals surface area contributed by atoms with Gasteiger partial charge in [0.1, 0.15) is 11.6 Å². The van der Waals surface area contributed by atoms with Gasteiger partial charge in [0.05, 0.1) is 7.11 Å². The van der Waals surface area contributed by atoms with Crippen LogP contribution in [0.3, 0.4) is 0 Å². The van der Waals surface area contributed by atoms with Crippen LogP contribution in [0.25, 0.3) is 0 Å². The Bertz CT molecular complexity index is 347. The quantitative estimate of drug-likeness (QED) is 0.799. The summed E-state index contributed by atoms with van der Waals surface area (Å²) in [6, 6.07) is 4.92. The lowest BCUT2D eigenvalue weighted by molar-refractivity contribution is 0.410. The van der Waals surface area contributed by atoms with Crippen molar-refractivity contribution in [3.8, 4) is 5.75 Å². The van der Waals surface area contributed by atoms with Gasteiger partial charge >= 0.3 is 0 Å². The topological polar surface area (TPSA) is 35.2 Å². The van der Waals surface area contributed by atoms with Gasteiger partial charge in [-0.05, 0) is 30.9 Å². The maximum Gasteiger partial charge on any atom is 0.130 e. The summed E-state index contributed by atoms with van der Waals surface area (Å²) < 4.78 is 18.4. The van der Waals surface area contributed by atoms with Crippen molar-refractivity contribution >= 4 is 0 Å². The van der Waals surface area contributed by atoms with Gasteiger partial charge in [0.15, 0.2) is 0 Å². The smallest absolute Gasteiger partial charge is 0.130 e. The summed E-state index contributed by atoms with van der Waals surface area (Å²) in [5.41, 5.74) is 6.46. The van der Waals surface area contributed by atoms with E-state index in [9.17, 15) is 4.39 Å². The summed E-state index contributed by atoms with van der Waals surface area (Å²) in [7, 11) is 1.53. The fraction of sp³-hybridized carbons (Fsp3) is 0.455. The molecule has 0 atom stereocenters. The third kappa shape index (κ3) is 1.87. The van der Waals surface area contributed by atoms with E-state index in [0.29, 0.717) is 17.7 Å². The van der Waals surface area contributed by atoms with Crippen molar-refractivity contribution < 1.29 is 9.13 Å². The van der Waals surface area contributed by atoms with Gasteiger partial charge in [-0.2, -0.15) is 0 Å². The maximum atomic E-state index is 13.5. The van der Waals surface area contributed by atoms with Gasteiger partial charge < -0.3 is 10.5 Å². The highest BCUT2D eigenvalue weighted by molar-refractivity contribution is 5.30. The average molecular weight is 195 g/mol. The molecule has 0 bridgehead atoms. The largest absolute Gasteiger partial charge is 0.497 e. The lowest BCUT2D eigenvalue weighted by Crippen LogP contribution is -2.24. The molecule has 1 aliphatic carbocycles. The van der Waals surface area contributed by atoms with Crippen molar-refractivity contribution in [2.24, 2.45) is 5.73 Å². The lowest BCUT2D eigenvalue weighted by atomic mass is 10.0. The van der Waals surface area contributed by atoms with Gasteiger partial charge in [-0.3, -0.25) is 0 Å². The molecule has 0 spiro atoms. The van der Waals surface area contributed by atoms with Gasteiger partial charge in [-0.15, -0.1) is 0 Å². The summed E-state index contributed by atoms with van der Waals surface area (Å²) in [5, 5.41) is 0. The van der Waals surface area contributed by atoms with E-state index in [0.717, 1.165) is 12.8 Å². The Balaban J connectivity index is 2.17. The number of benzene rings is 1. The molecule has 0 aromatic heterocycles. The standard InChI is InChI=1S/C11H14FNO/c1-14-9-3-2-8(10(12)6-9)7-11(13)4-5-11/h2-3,6H,4-5,7,13H2,1H3. The molecule has 2 N–H and O–H groups in total.